The van der Waals surface area contributed by atoms with Crippen molar-refractivity contribution in [2.24, 2.45) is 0 Å². The molecule has 0 amide bonds. The van der Waals surface area contributed by atoms with Crippen LogP contribution in [0.3, 0.4) is 0 Å². The molecule has 2 aromatic rings. The van der Waals surface area contributed by atoms with Crippen LogP contribution in [0.1, 0.15) is 24.8 Å². The van der Waals surface area contributed by atoms with Crippen LogP contribution in [0.25, 0.3) is 10.6 Å². The van der Waals surface area contributed by atoms with Crippen LogP contribution in [0.5, 0.6) is 0 Å². The molecule has 0 aliphatic rings. The molecular weight excluding hydrogens is 216 g/mol. The van der Waals surface area contributed by atoms with Crippen LogP contribution in [0.4, 0.5) is 0 Å². The van der Waals surface area contributed by atoms with Gasteiger partial charge in [-0.25, -0.2) is 4.98 Å². The lowest BCUT2D eigenvalue weighted by Gasteiger charge is -2.08. The van der Waals surface area contributed by atoms with Crippen LogP contribution < -0.4 is 5.32 Å². The Morgan fingerprint density at radius 2 is 2.06 bits per heavy atom. The van der Waals surface area contributed by atoms with Gasteiger partial charge >= 0.3 is 0 Å². The van der Waals surface area contributed by atoms with Crippen LogP contribution in [-0.2, 0) is 0 Å². The molecule has 1 unspecified atom stereocenters. The van der Waals surface area contributed by atoms with Crippen molar-refractivity contribution in [3.05, 3.63) is 41.4 Å². The zero-order valence-corrected chi connectivity index (χ0v) is 10.4. The highest BCUT2D eigenvalue weighted by Gasteiger charge is 2.09. The average molecular weight is 232 g/mol. The molecule has 0 bridgehead atoms. The maximum absolute atomic E-state index is 4.47. The maximum Gasteiger partial charge on any atom is 0.123 e. The molecule has 84 valence electrons. The molecule has 1 N–H and O–H groups in total. The van der Waals surface area contributed by atoms with E-state index in [2.05, 4.69) is 36.3 Å². The number of nitrogens with zero attached hydrogens (tertiary/aromatic N) is 1. The molecule has 0 saturated heterocycles. The predicted octanol–water partition coefficient (Wildman–Crippen LogP) is 3.48. The SMILES string of the molecule is CCNC(C)c1cnc(-c2ccccc2)s1. The van der Waals surface area contributed by atoms with E-state index in [9.17, 15) is 0 Å². The molecule has 0 aliphatic carbocycles. The third-order valence-corrected chi connectivity index (χ3v) is 3.71. The zero-order valence-electron chi connectivity index (χ0n) is 9.60. The van der Waals surface area contributed by atoms with Gasteiger partial charge in [0.05, 0.1) is 0 Å². The van der Waals surface area contributed by atoms with Crippen LogP contribution in [0.2, 0.25) is 0 Å². The quantitative estimate of drug-likeness (QED) is 0.873. The second-order valence-electron chi connectivity index (χ2n) is 3.71. The van der Waals surface area contributed by atoms with Crippen molar-refractivity contribution in [2.45, 2.75) is 19.9 Å². The number of nitrogens with one attached hydrogen (secondary N) is 1. The lowest BCUT2D eigenvalue weighted by atomic mass is 10.2. The predicted molar refractivity (Wildman–Crippen MR) is 69.6 cm³/mol. The number of hydrogen-bond donors (Lipinski definition) is 1. The molecule has 1 aromatic heterocycles. The molecule has 0 radical (unpaired) electrons. The van der Waals surface area contributed by atoms with E-state index in [-0.39, 0.29) is 0 Å². The summed E-state index contributed by atoms with van der Waals surface area (Å²) in [4.78, 5) is 5.76. The van der Waals surface area contributed by atoms with Crippen molar-refractivity contribution in [1.82, 2.24) is 10.3 Å². The molecular formula is C13H16N2S. The largest absolute Gasteiger partial charge is 0.310 e. The normalized spacial score (nSPS) is 12.6. The van der Waals surface area contributed by atoms with Crippen molar-refractivity contribution in [1.29, 1.82) is 0 Å². The molecule has 2 nitrogen and oxygen atoms in total. The summed E-state index contributed by atoms with van der Waals surface area (Å²) in [7, 11) is 0. The van der Waals surface area contributed by atoms with E-state index < -0.39 is 0 Å². The first kappa shape index (κ1) is 11.3. The second-order valence-corrected chi connectivity index (χ2v) is 4.78. The van der Waals surface area contributed by atoms with E-state index in [1.807, 2.05) is 24.4 Å². The van der Waals surface area contributed by atoms with Crippen molar-refractivity contribution in [3.63, 3.8) is 0 Å². The first-order valence-electron chi connectivity index (χ1n) is 5.55. The minimum absolute atomic E-state index is 0.389. The smallest absolute Gasteiger partial charge is 0.123 e. The summed E-state index contributed by atoms with van der Waals surface area (Å²) in [5.74, 6) is 0. The highest BCUT2D eigenvalue weighted by molar-refractivity contribution is 7.15. The summed E-state index contributed by atoms with van der Waals surface area (Å²) in [6, 6.07) is 10.7. The molecule has 1 aromatic carbocycles. The van der Waals surface area contributed by atoms with Gasteiger partial charge in [0.25, 0.3) is 0 Å². The minimum atomic E-state index is 0.389. The number of aromatic nitrogens is 1. The topological polar surface area (TPSA) is 24.9 Å². The van der Waals surface area contributed by atoms with Crippen LogP contribution in [0.15, 0.2) is 36.5 Å². The first-order valence-corrected chi connectivity index (χ1v) is 6.37. The number of benzene rings is 1. The van der Waals surface area contributed by atoms with E-state index in [4.69, 9.17) is 0 Å². The Hall–Kier alpha value is -1.19. The van der Waals surface area contributed by atoms with Crippen molar-refractivity contribution in [2.75, 3.05) is 6.54 Å². The van der Waals surface area contributed by atoms with Crippen molar-refractivity contribution < 1.29 is 0 Å². The molecule has 0 aliphatic heterocycles. The fourth-order valence-electron chi connectivity index (χ4n) is 1.61. The molecule has 1 heterocycles. The van der Waals surface area contributed by atoms with Crippen LogP contribution in [-0.4, -0.2) is 11.5 Å². The summed E-state index contributed by atoms with van der Waals surface area (Å²) in [6.45, 7) is 5.28. The molecule has 16 heavy (non-hydrogen) atoms. The lowest BCUT2D eigenvalue weighted by molar-refractivity contribution is 0.606. The van der Waals surface area contributed by atoms with Crippen molar-refractivity contribution >= 4 is 11.3 Å². The Balaban J connectivity index is 2.20. The van der Waals surface area contributed by atoms with Gasteiger partial charge in [-0.2, -0.15) is 0 Å². The number of hydrogen-bond acceptors (Lipinski definition) is 3. The minimum Gasteiger partial charge on any atom is -0.310 e. The Morgan fingerprint density at radius 3 is 2.75 bits per heavy atom. The molecule has 0 spiro atoms. The molecule has 0 saturated carbocycles. The van der Waals surface area contributed by atoms with E-state index >= 15 is 0 Å². The maximum atomic E-state index is 4.47. The lowest BCUT2D eigenvalue weighted by Crippen LogP contribution is -2.16. The third-order valence-electron chi connectivity index (χ3n) is 2.48. The highest BCUT2D eigenvalue weighted by atomic mass is 32.1. The van der Waals surface area contributed by atoms with Crippen LogP contribution >= 0.6 is 11.3 Å². The van der Waals surface area contributed by atoms with E-state index in [1.165, 1.54) is 10.4 Å². The highest BCUT2D eigenvalue weighted by Crippen LogP contribution is 2.28. The molecule has 1 atom stereocenters. The van der Waals surface area contributed by atoms with Gasteiger partial charge in [0.15, 0.2) is 0 Å². The summed E-state index contributed by atoms with van der Waals surface area (Å²) in [6.07, 6.45) is 1.97. The Morgan fingerprint density at radius 1 is 1.31 bits per heavy atom. The molecule has 3 heteroatoms. The number of rotatable bonds is 4. The molecule has 2 rings (SSSR count). The van der Waals surface area contributed by atoms with Gasteiger partial charge in [0, 0.05) is 22.7 Å². The zero-order chi connectivity index (χ0) is 11.4. The summed E-state index contributed by atoms with van der Waals surface area (Å²) in [5, 5.41) is 4.49. The standard InChI is InChI=1S/C13H16N2S/c1-3-14-10(2)12-9-15-13(16-12)11-7-5-4-6-8-11/h4-10,14H,3H2,1-2H3. The van der Waals surface area contributed by atoms with Crippen molar-refractivity contribution in [3.8, 4) is 10.6 Å². The van der Waals surface area contributed by atoms with E-state index in [0.29, 0.717) is 6.04 Å². The average Bonchev–Trinajstić information content (AvgIpc) is 2.80. The van der Waals surface area contributed by atoms with E-state index in [1.54, 1.807) is 11.3 Å². The monoisotopic (exact) mass is 232 g/mol. The fourth-order valence-corrected chi connectivity index (χ4v) is 2.56. The van der Waals surface area contributed by atoms with Gasteiger partial charge in [-0.1, -0.05) is 37.3 Å². The van der Waals surface area contributed by atoms with Gasteiger partial charge < -0.3 is 5.32 Å². The fraction of sp³-hybridized carbons (Fsp3) is 0.308. The van der Waals surface area contributed by atoms with E-state index in [0.717, 1.165) is 11.6 Å². The van der Waals surface area contributed by atoms with Gasteiger partial charge in [-0.05, 0) is 13.5 Å². The van der Waals surface area contributed by atoms with Gasteiger partial charge in [0.1, 0.15) is 5.01 Å². The summed E-state index contributed by atoms with van der Waals surface area (Å²) < 4.78 is 0. The molecule has 0 fully saturated rings. The summed E-state index contributed by atoms with van der Waals surface area (Å²) >= 11 is 1.76. The van der Waals surface area contributed by atoms with Gasteiger partial charge in [-0.15, -0.1) is 11.3 Å². The number of thiazole rings is 1. The summed E-state index contributed by atoms with van der Waals surface area (Å²) in [5.41, 5.74) is 1.20. The van der Waals surface area contributed by atoms with Gasteiger partial charge in [-0.3, -0.25) is 0 Å². The van der Waals surface area contributed by atoms with Crippen LogP contribution in [0, 0.1) is 0 Å². The Labute approximate surface area is 100 Å². The Bertz CT molecular complexity index is 436. The Kier molecular flexibility index (Phi) is 3.70. The third kappa shape index (κ3) is 2.49. The first-order chi connectivity index (χ1) is 7.81. The second kappa shape index (κ2) is 5.23. The van der Waals surface area contributed by atoms with Gasteiger partial charge in [0.2, 0.25) is 0 Å².